The number of rotatable bonds is 4. The van der Waals surface area contributed by atoms with Crippen LogP contribution in [-0.2, 0) is 6.18 Å². The van der Waals surface area contributed by atoms with Gasteiger partial charge in [0.2, 0.25) is 0 Å². The lowest BCUT2D eigenvalue weighted by Crippen LogP contribution is -2.10. The quantitative estimate of drug-likeness (QED) is 0.500. The number of halogens is 3. The van der Waals surface area contributed by atoms with Gasteiger partial charge in [0, 0.05) is 18.3 Å². The molecular formula is C12H13F3N4. The summed E-state index contributed by atoms with van der Waals surface area (Å²) in [4.78, 5) is 0. The van der Waals surface area contributed by atoms with Crippen molar-refractivity contribution in [3.63, 3.8) is 0 Å². The summed E-state index contributed by atoms with van der Waals surface area (Å²) in [6, 6.07) is 3.35. The fourth-order valence-electron chi connectivity index (χ4n) is 1.44. The van der Waals surface area contributed by atoms with Gasteiger partial charge < -0.3 is 16.5 Å². The second kappa shape index (κ2) is 5.55. The Morgan fingerprint density at radius 1 is 1.26 bits per heavy atom. The molecule has 0 fully saturated rings. The molecule has 0 spiro atoms. The van der Waals surface area contributed by atoms with E-state index in [0.717, 1.165) is 6.07 Å². The van der Waals surface area contributed by atoms with Gasteiger partial charge in [0.1, 0.15) is 5.84 Å². The maximum absolute atomic E-state index is 12.7. The highest BCUT2D eigenvalue weighted by molar-refractivity contribution is 6.09. The Balaban J connectivity index is 3.14. The van der Waals surface area contributed by atoms with Gasteiger partial charge in [-0.2, -0.15) is 13.2 Å². The van der Waals surface area contributed by atoms with Crippen molar-refractivity contribution < 1.29 is 13.2 Å². The maximum atomic E-state index is 12.7. The Morgan fingerprint density at radius 2 is 1.89 bits per heavy atom. The number of nitrogens with one attached hydrogen (secondary N) is 3. The SMILES string of the molecule is CNc1cc(C(=N)/C=C\C(=N)N)ccc1C(F)(F)F. The van der Waals surface area contributed by atoms with E-state index in [1.165, 1.54) is 31.3 Å². The fraction of sp³-hybridized carbons (Fsp3) is 0.167. The predicted octanol–water partition coefficient (Wildman–Crippen LogP) is 2.61. The molecule has 1 rings (SSSR count). The van der Waals surface area contributed by atoms with Gasteiger partial charge in [0.15, 0.2) is 0 Å². The molecule has 0 heterocycles. The van der Waals surface area contributed by atoms with Gasteiger partial charge in [-0.25, -0.2) is 0 Å². The first-order valence-corrected chi connectivity index (χ1v) is 5.25. The highest BCUT2D eigenvalue weighted by atomic mass is 19.4. The Kier molecular flexibility index (Phi) is 4.31. The van der Waals surface area contributed by atoms with Crippen LogP contribution in [0.15, 0.2) is 30.4 Å². The van der Waals surface area contributed by atoms with E-state index < -0.39 is 11.7 Å². The Morgan fingerprint density at radius 3 is 2.37 bits per heavy atom. The Bertz CT molecular complexity index is 532. The second-order valence-corrected chi connectivity index (χ2v) is 3.71. The third kappa shape index (κ3) is 3.84. The van der Waals surface area contributed by atoms with E-state index in [1.54, 1.807) is 0 Å². The summed E-state index contributed by atoms with van der Waals surface area (Å²) in [6.07, 6.45) is -2.00. The first-order valence-electron chi connectivity index (χ1n) is 5.25. The van der Waals surface area contributed by atoms with Gasteiger partial charge in [-0.15, -0.1) is 0 Å². The van der Waals surface area contributed by atoms with Crippen molar-refractivity contribution in [3.8, 4) is 0 Å². The Labute approximate surface area is 108 Å². The van der Waals surface area contributed by atoms with Crippen LogP contribution in [-0.4, -0.2) is 18.6 Å². The molecule has 102 valence electrons. The molecule has 4 nitrogen and oxygen atoms in total. The summed E-state index contributed by atoms with van der Waals surface area (Å²) in [5.74, 6) is -0.231. The third-order valence-electron chi connectivity index (χ3n) is 2.33. The molecule has 0 saturated carbocycles. The molecule has 0 saturated heterocycles. The molecule has 0 bridgehead atoms. The van der Waals surface area contributed by atoms with E-state index in [-0.39, 0.29) is 17.2 Å². The molecule has 19 heavy (non-hydrogen) atoms. The molecule has 0 aliphatic rings. The third-order valence-corrected chi connectivity index (χ3v) is 2.33. The number of hydrogen-bond acceptors (Lipinski definition) is 3. The minimum atomic E-state index is -4.45. The topological polar surface area (TPSA) is 85.8 Å². The average molecular weight is 270 g/mol. The average Bonchev–Trinajstić information content (AvgIpc) is 2.33. The number of benzene rings is 1. The van der Waals surface area contributed by atoms with Gasteiger partial charge in [-0.1, -0.05) is 6.07 Å². The zero-order valence-corrected chi connectivity index (χ0v) is 10.1. The minimum Gasteiger partial charge on any atom is -0.388 e. The standard InChI is InChI=1S/C12H13F3N4/c1-19-10-6-7(9(16)4-5-11(17)18)2-3-8(10)12(13,14)15/h2-6,16,19H,1H3,(H3,17,18)/b5-4-,16-9?. The van der Waals surface area contributed by atoms with E-state index in [9.17, 15) is 13.2 Å². The number of hydrogen-bond donors (Lipinski definition) is 4. The smallest absolute Gasteiger partial charge is 0.388 e. The first-order chi connectivity index (χ1) is 8.75. The molecule has 0 amide bonds. The summed E-state index contributed by atoms with van der Waals surface area (Å²) < 4.78 is 38.0. The van der Waals surface area contributed by atoms with E-state index in [2.05, 4.69) is 5.32 Å². The number of allylic oxidation sites excluding steroid dienone is 1. The highest BCUT2D eigenvalue weighted by Crippen LogP contribution is 2.35. The van der Waals surface area contributed by atoms with Crippen molar-refractivity contribution in [2.45, 2.75) is 6.18 Å². The lowest BCUT2D eigenvalue weighted by Gasteiger charge is -2.13. The fourth-order valence-corrected chi connectivity index (χ4v) is 1.44. The summed E-state index contributed by atoms with van der Waals surface area (Å²) in [7, 11) is 1.38. The molecule has 0 atom stereocenters. The highest BCUT2D eigenvalue weighted by Gasteiger charge is 2.33. The minimum absolute atomic E-state index is 0.0274. The van der Waals surface area contributed by atoms with Gasteiger partial charge in [-0.05, 0) is 24.3 Å². The van der Waals surface area contributed by atoms with E-state index >= 15 is 0 Å². The van der Waals surface area contributed by atoms with Crippen LogP contribution in [0.5, 0.6) is 0 Å². The normalized spacial score (nSPS) is 11.6. The zero-order chi connectivity index (χ0) is 14.6. The number of nitrogens with two attached hydrogens (primary N) is 1. The Hall–Kier alpha value is -2.31. The van der Waals surface area contributed by atoms with Crippen LogP contribution >= 0.6 is 0 Å². The molecule has 0 radical (unpaired) electrons. The van der Waals surface area contributed by atoms with Crippen molar-refractivity contribution in [1.29, 1.82) is 10.8 Å². The van der Waals surface area contributed by atoms with Crippen LogP contribution in [0.25, 0.3) is 0 Å². The molecule has 5 N–H and O–H groups in total. The summed E-state index contributed by atoms with van der Waals surface area (Å²) in [5.41, 5.74) is 4.47. The van der Waals surface area contributed by atoms with Crippen molar-refractivity contribution in [1.82, 2.24) is 0 Å². The lowest BCUT2D eigenvalue weighted by molar-refractivity contribution is -0.136. The van der Waals surface area contributed by atoms with E-state index in [1.807, 2.05) is 0 Å². The van der Waals surface area contributed by atoms with Gasteiger partial charge in [0.05, 0.1) is 11.3 Å². The zero-order valence-electron chi connectivity index (χ0n) is 10.1. The van der Waals surface area contributed by atoms with Crippen LogP contribution in [0.4, 0.5) is 18.9 Å². The predicted molar refractivity (Wildman–Crippen MR) is 68.9 cm³/mol. The molecule has 7 heteroatoms. The van der Waals surface area contributed by atoms with Crippen molar-refractivity contribution >= 4 is 17.2 Å². The maximum Gasteiger partial charge on any atom is 0.418 e. The number of alkyl halides is 3. The molecule has 0 aliphatic heterocycles. The lowest BCUT2D eigenvalue weighted by atomic mass is 10.0. The van der Waals surface area contributed by atoms with Gasteiger partial charge in [-0.3, -0.25) is 5.41 Å². The van der Waals surface area contributed by atoms with E-state index in [4.69, 9.17) is 16.6 Å². The molecule has 0 aliphatic carbocycles. The summed E-state index contributed by atoms with van der Waals surface area (Å²) in [5, 5.41) is 17.1. The van der Waals surface area contributed by atoms with Crippen LogP contribution < -0.4 is 11.1 Å². The van der Waals surface area contributed by atoms with Crippen LogP contribution in [0, 0.1) is 10.8 Å². The monoisotopic (exact) mass is 270 g/mol. The molecule has 0 unspecified atom stereocenters. The van der Waals surface area contributed by atoms with Crippen LogP contribution in [0.3, 0.4) is 0 Å². The summed E-state index contributed by atoms with van der Waals surface area (Å²) >= 11 is 0. The number of anilines is 1. The van der Waals surface area contributed by atoms with Crippen molar-refractivity contribution in [3.05, 3.63) is 41.5 Å². The van der Waals surface area contributed by atoms with Crippen LogP contribution in [0.2, 0.25) is 0 Å². The summed E-state index contributed by atoms with van der Waals surface area (Å²) in [6.45, 7) is 0. The molecular weight excluding hydrogens is 257 g/mol. The first kappa shape index (κ1) is 14.7. The molecule has 1 aromatic carbocycles. The van der Waals surface area contributed by atoms with Crippen LogP contribution in [0.1, 0.15) is 11.1 Å². The van der Waals surface area contributed by atoms with Gasteiger partial charge in [0.25, 0.3) is 0 Å². The molecule has 1 aromatic rings. The number of amidine groups is 1. The van der Waals surface area contributed by atoms with Crippen molar-refractivity contribution in [2.75, 3.05) is 12.4 Å². The van der Waals surface area contributed by atoms with E-state index in [0.29, 0.717) is 5.56 Å². The second-order valence-electron chi connectivity index (χ2n) is 3.71. The molecule has 0 aromatic heterocycles. The van der Waals surface area contributed by atoms with Crippen molar-refractivity contribution in [2.24, 2.45) is 5.73 Å². The van der Waals surface area contributed by atoms with Gasteiger partial charge >= 0.3 is 6.18 Å². The largest absolute Gasteiger partial charge is 0.418 e.